The molecule has 1 heterocycles. The summed E-state index contributed by atoms with van der Waals surface area (Å²) in [7, 11) is 0. The van der Waals surface area contributed by atoms with Crippen molar-refractivity contribution in [3.05, 3.63) is 33.5 Å². The molecule has 16 heavy (non-hydrogen) atoms. The van der Waals surface area contributed by atoms with Crippen molar-refractivity contribution in [2.75, 3.05) is 6.54 Å². The van der Waals surface area contributed by atoms with Crippen LogP contribution in [0, 0.1) is 0 Å². The van der Waals surface area contributed by atoms with Crippen molar-refractivity contribution in [2.24, 2.45) is 10.7 Å². The van der Waals surface area contributed by atoms with Crippen LogP contribution >= 0.6 is 27.3 Å². The molecule has 0 bridgehead atoms. The first-order chi connectivity index (χ1) is 7.70. The highest BCUT2D eigenvalue weighted by Gasteiger charge is 2.39. The van der Waals surface area contributed by atoms with Crippen molar-refractivity contribution in [1.82, 2.24) is 5.32 Å². The van der Waals surface area contributed by atoms with Gasteiger partial charge in [0.2, 0.25) is 0 Å². The van der Waals surface area contributed by atoms with Crippen molar-refractivity contribution < 1.29 is 0 Å². The Hall–Kier alpha value is -0.810. The zero-order chi connectivity index (χ0) is 11.5. The summed E-state index contributed by atoms with van der Waals surface area (Å²) in [6, 6.07) is 4.70. The van der Waals surface area contributed by atoms with Crippen LogP contribution in [-0.4, -0.2) is 18.5 Å². The zero-order valence-electron chi connectivity index (χ0n) is 8.82. The molecule has 3 N–H and O–H groups in total. The highest BCUT2D eigenvalue weighted by molar-refractivity contribution is 9.11. The van der Waals surface area contributed by atoms with Crippen molar-refractivity contribution in [3.63, 3.8) is 0 Å². The molecule has 0 aliphatic heterocycles. The van der Waals surface area contributed by atoms with Crippen LogP contribution in [0.4, 0.5) is 0 Å². The van der Waals surface area contributed by atoms with Gasteiger partial charge in [-0.2, -0.15) is 0 Å². The van der Waals surface area contributed by atoms with E-state index in [4.69, 9.17) is 5.73 Å². The molecule has 1 aromatic heterocycles. The molecule has 1 saturated carbocycles. The molecule has 2 rings (SSSR count). The van der Waals surface area contributed by atoms with Gasteiger partial charge in [-0.05, 0) is 34.5 Å². The van der Waals surface area contributed by atoms with Crippen LogP contribution < -0.4 is 11.1 Å². The van der Waals surface area contributed by atoms with E-state index in [0.29, 0.717) is 24.5 Å². The molecule has 3 nitrogen and oxygen atoms in total. The minimum Gasteiger partial charge on any atom is -0.370 e. The minimum absolute atomic E-state index is 0.444. The van der Waals surface area contributed by atoms with Gasteiger partial charge in [-0.3, -0.25) is 0 Å². The summed E-state index contributed by atoms with van der Waals surface area (Å²) >= 11 is 5.26. The number of halogens is 1. The number of nitrogens with zero attached hydrogens (tertiary/aromatic N) is 1. The Balaban J connectivity index is 1.85. The van der Waals surface area contributed by atoms with Gasteiger partial charge in [-0.15, -0.1) is 17.9 Å². The summed E-state index contributed by atoms with van der Waals surface area (Å²) in [4.78, 5) is 5.52. The Bertz CT molecular complexity index is 413. The minimum atomic E-state index is 0.444. The number of thiophene rings is 1. The third-order valence-electron chi connectivity index (χ3n) is 2.47. The van der Waals surface area contributed by atoms with Crippen LogP contribution in [0.3, 0.4) is 0 Å². The second kappa shape index (κ2) is 5.01. The van der Waals surface area contributed by atoms with Gasteiger partial charge in [0.25, 0.3) is 0 Å². The molecule has 1 aliphatic rings. The summed E-state index contributed by atoms with van der Waals surface area (Å²) in [6.07, 6.45) is 2.87. The Kier molecular flexibility index (Phi) is 3.66. The van der Waals surface area contributed by atoms with Crippen LogP contribution in [0.15, 0.2) is 33.6 Å². The molecule has 0 spiro atoms. The fourth-order valence-corrected chi connectivity index (χ4v) is 3.20. The van der Waals surface area contributed by atoms with Crippen molar-refractivity contribution in [1.29, 1.82) is 0 Å². The third kappa shape index (κ3) is 2.86. The molecule has 2 atom stereocenters. The number of aliphatic imine (C=N–C) groups is 1. The summed E-state index contributed by atoms with van der Waals surface area (Å²) in [5.74, 6) is 1.11. The Morgan fingerprint density at radius 3 is 3.19 bits per heavy atom. The van der Waals surface area contributed by atoms with Gasteiger partial charge in [0.15, 0.2) is 5.96 Å². The Morgan fingerprint density at radius 2 is 2.56 bits per heavy atom. The molecule has 1 fully saturated rings. The summed E-state index contributed by atoms with van der Waals surface area (Å²) in [5, 5.41) is 3.22. The van der Waals surface area contributed by atoms with E-state index in [-0.39, 0.29) is 0 Å². The van der Waals surface area contributed by atoms with E-state index in [1.807, 2.05) is 0 Å². The van der Waals surface area contributed by atoms with E-state index in [1.54, 1.807) is 17.4 Å². The smallest absolute Gasteiger partial charge is 0.189 e. The Labute approximate surface area is 108 Å². The van der Waals surface area contributed by atoms with E-state index in [0.717, 1.165) is 6.42 Å². The number of nitrogens with two attached hydrogens (primary N) is 1. The normalized spacial score (nSPS) is 24.2. The largest absolute Gasteiger partial charge is 0.370 e. The van der Waals surface area contributed by atoms with E-state index >= 15 is 0 Å². The lowest BCUT2D eigenvalue weighted by Gasteiger charge is -2.03. The van der Waals surface area contributed by atoms with E-state index in [9.17, 15) is 0 Å². The topological polar surface area (TPSA) is 50.4 Å². The molecule has 0 aromatic carbocycles. The number of guanidine groups is 1. The lowest BCUT2D eigenvalue weighted by Crippen LogP contribution is -2.34. The van der Waals surface area contributed by atoms with Crippen LogP contribution in [0.1, 0.15) is 17.2 Å². The first kappa shape index (κ1) is 11.7. The molecule has 5 heteroatoms. The van der Waals surface area contributed by atoms with Gasteiger partial charge in [0.1, 0.15) is 0 Å². The van der Waals surface area contributed by atoms with Gasteiger partial charge in [-0.25, -0.2) is 4.99 Å². The van der Waals surface area contributed by atoms with Crippen LogP contribution in [0.25, 0.3) is 0 Å². The van der Waals surface area contributed by atoms with Gasteiger partial charge in [0.05, 0.1) is 10.3 Å². The monoisotopic (exact) mass is 299 g/mol. The molecule has 86 valence electrons. The maximum absolute atomic E-state index is 5.73. The lowest BCUT2D eigenvalue weighted by molar-refractivity contribution is 0.860. The number of hydrogen-bond donors (Lipinski definition) is 2. The molecule has 0 unspecified atom stereocenters. The van der Waals surface area contributed by atoms with Gasteiger partial charge >= 0.3 is 0 Å². The quantitative estimate of drug-likeness (QED) is 0.510. The first-order valence-corrected chi connectivity index (χ1v) is 6.74. The average molecular weight is 300 g/mol. The van der Waals surface area contributed by atoms with Crippen LogP contribution in [0.5, 0.6) is 0 Å². The van der Waals surface area contributed by atoms with Gasteiger partial charge < -0.3 is 11.1 Å². The summed E-state index contributed by atoms with van der Waals surface area (Å²) in [6.45, 7) is 4.17. The number of rotatable bonds is 4. The molecule has 1 aliphatic carbocycles. The third-order valence-corrected chi connectivity index (χ3v) is 4.23. The number of nitrogens with one attached hydrogen (secondary N) is 1. The lowest BCUT2D eigenvalue weighted by atomic mass is 10.3. The summed E-state index contributed by atoms with van der Waals surface area (Å²) in [5.41, 5.74) is 5.73. The summed E-state index contributed by atoms with van der Waals surface area (Å²) < 4.78 is 1.18. The van der Waals surface area contributed by atoms with Crippen molar-refractivity contribution >= 4 is 33.2 Å². The van der Waals surface area contributed by atoms with Crippen LogP contribution in [0.2, 0.25) is 0 Å². The van der Waals surface area contributed by atoms with Crippen LogP contribution in [-0.2, 0) is 0 Å². The highest BCUT2D eigenvalue weighted by atomic mass is 79.9. The maximum Gasteiger partial charge on any atom is 0.189 e. The maximum atomic E-state index is 5.73. The second-order valence-electron chi connectivity index (χ2n) is 3.75. The Morgan fingerprint density at radius 1 is 1.75 bits per heavy atom. The van der Waals surface area contributed by atoms with Gasteiger partial charge in [-0.1, -0.05) is 6.08 Å². The SMILES string of the molecule is C=CCN=C(N)N[C@@H]1C[C@H]1c1ccc(Br)s1. The molecular weight excluding hydrogens is 286 g/mol. The predicted molar refractivity (Wildman–Crippen MR) is 73.0 cm³/mol. The van der Waals surface area contributed by atoms with Crippen molar-refractivity contribution in [3.8, 4) is 0 Å². The van der Waals surface area contributed by atoms with Crippen molar-refractivity contribution in [2.45, 2.75) is 18.4 Å². The molecule has 0 saturated heterocycles. The number of hydrogen-bond acceptors (Lipinski definition) is 2. The first-order valence-electron chi connectivity index (χ1n) is 5.13. The fraction of sp³-hybridized carbons (Fsp3) is 0.364. The molecular formula is C11H14BrN3S. The fourth-order valence-electron chi connectivity index (χ4n) is 1.60. The zero-order valence-corrected chi connectivity index (χ0v) is 11.2. The predicted octanol–water partition coefficient (Wildman–Crippen LogP) is 2.46. The van der Waals surface area contributed by atoms with E-state index in [2.05, 4.69) is 45.0 Å². The standard InChI is InChI=1S/C11H14BrN3S/c1-2-5-14-11(13)15-8-6-7(8)9-3-4-10(12)16-9/h2-4,7-8H,1,5-6H2,(H3,13,14,15)/t7-,8-/m1/s1. The van der Waals surface area contributed by atoms with Gasteiger partial charge in [0, 0.05) is 16.8 Å². The van der Waals surface area contributed by atoms with E-state index in [1.165, 1.54) is 8.66 Å². The molecule has 0 radical (unpaired) electrons. The molecule has 1 aromatic rings. The van der Waals surface area contributed by atoms with E-state index < -0.39 is 0 Å². The average Bonchev–Trinajstić information content (AvgIpc) is 2.88. The second-order valence-corrected chi connectivity index (χ2v) is 6.24. The highest BCUT2D eigenvalue weighted by Crippen LogP contribution is 2.44. The molecule has 0 amide bonds.